The summed E-state index contributed by atoms with van der Waals surface area (Å²) in [5.74, 6) is 1.48. The van der Waals surface area contributed by atoms with Crippen molar-refractivity contribution < 1.29 is 4.74 Å². The fraction of sp³-hybridized carbons (Fsp3) is 0.357. The molecule has 0 aliphatic rings. The number of hydrogen-bond donors (Lipinski definition) is 0. The lowest BCUT2D eigenvalue weighted by Crippen LogP contribution is -2.07. The van der Waals surface area contributed by atoms with E-state index in [4.69, 9.17) is 21.6 Å². The first-order valence-corrected chi connectivity index (χ1v) is 7.80. The maximum atomic E-state index is 8.63. The van der Waals surface area contributed by atoms with Gasteiger partial charge in [-0.1, -0.05) is 23.4 Å². The van der Waals surface area contributed by atoms with Crippen LogP contribution in [0.5, 0.6) is 0 Å². The molecule has 1 heterocycles. The zero-order chi connectivity index (χ0) is 15.1. The number of halogens is 1. The van der Waals surface area contributed by atoms with Gasteiger partial charge in [-0.2, -0.15) is 5.26 Å². The van der Waals surface area contributed by atoms with Crippen LogP contribution in [0.4, 0.5) is 0 Å². The number of nitrogens with zero attached hydrogens (tertiary/aromatic N) is 4. The molecule has 21 heavy (non-hydrogen) atoms. The molecule has 0 fully saturated rings. The average molecular weight is 323 g/mol. The first-order chi connectivity index (χ1) is 10.3. The third-order valence-electron chi connectivity index (χ3n) is 2.78. The summed E-state index contributed by atoms with van der Waals surface area (Å²) in [7, 11) is 1.66. The highest BCUT2D eigenvalue weighted by Crippen LogP contribution is 2.25. The van der Waals surface area contributed by atoms with Crippen LogP contribution in [-0.2, 0) is 11.3 Å². The monoisotopic (exact) mass is 322 g/mol. The predicted molar refractivity (Wildman–Crippen MR) is 83.3 cm³/mol. The molecule has 0 N–H and O–H groups in total. The molecule has 0 saturated heterocycles. The number of methoxy groups -OCH3 is 1. The van der Waals surface area contributed by atoms with E-state index in [1.807, 2.05) is 28.8 Å². The Bertz CT molecular complexity index is 621. The number of thioether (sulfide) groups is 1. The minimum Gasteiger partial charge on any atom is -0.383 e. The van der Waals surface area contributed by atoms with Crippen molar-refractivity contribution in [3.63, 3.8) is 0 Å². The first kappa shape index (κ1) is 15.8. The molecule has 1 aromatic carbocycles. The molecule has 0 radical (unpaired) electrons. The summed E-state index contributed by atoms with van der Waals surface area (Å²) in [5, 5.41) is 18.6. The molecule has 0 amide bonds. The molecule has 0 bridgehead atoms. The third-order valence-corrected chi connectivity index (χ3v) is 4.00. The van der Waals surface area contributed by atoms with Gasteiger partial charge in [0.1, 0.15) is 0 Å². The molecule has 5 nitrogen and oxygen atoms in total. The molecule has 0 saturated carbocycles. The second-order valence-corrected chi connectivity index (χ2v) is 5.71. The fourth-order valence-electron chi connectivity index (χ4n) is 1.78. The number of nitriles is 1. The summed E-state index contributed by atoms with van der Waals surface area (Å²) >= 11 is 7.44. The standard InChI is InChI=1S/C14H15ClN4OS/c1-20-9-8-19-13(11-3-5-12(15)6-4-11)17-18-14(19)21-10-2-7-16/h3-6H,2,8-10H2,1H3. The second kappa shape index (κ2) is 8.03. The Balaban J connectivity index is 2.27. The van der Waals surface area contributed by atoms with Gasteiger partial charge >= 0.3 is 0 Å². The van der Waals surface area contributed by atoms with Gasteiger partial charge in [0.2, 0.25) is 0 Å². The van der Waals surface area contributed by atoms with Crippen molar-refractivity contribution in [2.75, 3.05) is 19.5 Å². The van der Waals surface area contributed by atoms with Gasteiger partial charge in [-0.3, -0.25) is 4.57 Å². The van der Waals surface area contributed by atoms with E-state index in [1.54, 1.807) is 7.11 Å². The number of rotatable bonds is 7. The van der Waals surface area contributed by atoms with Crippen LogP contribution < -0.4 is 0 Å². The molecule has 0 unspecified atom stereocenters. The second-order valence-electron chi connectivity index (χ2n) is 4.21. The van der Waals surface area contributed by atoms with Crippen molar-refractivity contribution in [2.45, 2.75) is 18.1 Å². The van der Waals surface area contributed by atoms with Crippen LogP contribution in [0.1, 0.15) is 6.42 Å². The Morgan fingerprint density at radius 2 is 2.10 bits per heavy atom. The molecule has 0 spiro atoms. The lowest BCUT2D eigenvalue weighted by molar-refractivity contribution is 0.185. The smallest absolute Gasteiger partial charge is 0.191 e. The largest absolute Gasteiger partial charge is 0.383 e. The zero-order valence-corrected chi connectivity index (χ0v) is 13.2. The first-order valence-electron chi connectivity index (χ1n) is 6.44. The molecule has 2 aromatic rings. The van der Waals surface area contributed by atoms with Crippen molar-refractivity contribution in [2.24, 2.45) is 0 Å². The Morgan fingerprint density at radius 3 is 2.76 bits per heavy atom. The number of hydrogen-bond acceptors (Lipinski definition) is 5. The van der Waals surface area contributed by atoms with Crippen molar-refractivity contribution in [1.82, 2.24) is 14.8 Å². The summed E-state index contributed by atoms with van der Waals surface area (Å²) in [6.07, 6.45) is 0.484. The van der Waals surface area contributed by atoms with E-state index in [0.29, 0.717) is 30.3 Å². The average Bonchev–Trinajstić information content (AvgIpc) is 2.89. The maximum Gasteiger partial charge on any atom is 0.191 e. The Hall–Kier alpha value is -1.55. The summed E-state index contributed by atoms with van der Waals surface area (Å²) in [5.41, 5.74) is 0.954. The normalized spacial score (nSPS) is 10.5. The molecule has 7 heteroatoms. The van der Waals surface area contributed by atoms with E-state index < -0.39 is 0 Å². The Kier molecular flexibility index (Phi) is 6.05. The molecular formula is C14H15ClN4OS. The molecule has 0 aliphatic heterocycles. The van der Waals surface area contributed by atoms with E-state index in [0.717, 1.165) is 16.5 Å². The van der Waals surface area contributed by atoms with E-state index >= 15 is 0 Å². The van der Waals surface area contributed by atoms with Gasteiger partial charge in [-0.25, -0.2) is 0 Å². The maximum absolute atomic E-state index is 8.63. The number of aromatic nitrogens is 3. The van der Waals surface area contributed by atoms with Crippen molar-refractivity contribution in [1.29, 1.82) is 5.26 Å². The van der Waals surface area contributed by atoms with Gasteiger partial charge in [0.25, 0.3) is 0 Å². The van der Waals surface area contributed by atoms with E-state index in [2.05, 4.69) is 16.3 Å². The minimum absolute atomic E-state index is 0.484. The Labute approximate surface area is 132 Å². The number of benzene rings is 1. The van der Waals surface area contributed by atoms with Crippen LogP contribution in [0.15, 0.2) is 29.4 Å². The van der Waals surface area contributed by atoms with Crippen LogP contribution in [0.25, 0.3) is 11.4 Å². The highest BCUT2D eigenvalue weighted by atomic mass is 35.5. The van der Waals surface area contributed by atoms with Crippen molar-refractivity contribution in [3.05, 3.63) is 29.3 Å². The summed E-state index contributed by atoms with van der Waals surface area (Å²) in [6, 6.07) is 9.62. The van der Waals surface area contributed by atoms with Gasteiger partial charge in [-0.05, 0) is 24.3 Å². The van der Waals surface area contributed by atoms with Gasteiger partial charge in [-0.15, -0.1) is 10.2 Å². The third kappa shape index (κ3) is 4.21. The molecule has 110 valence electrons. The van der Waals surface area contributed by atoms with Gasteiger partial charge in [0, 0.05) is 29.9 Å². The topological polar surface area (TPSA) is 63.7 Å². The van der Waals surface area contributed by atoms with Crippen LogP contribution in [0, 0.1) is 11.3 Å². The predicted octanol–water partition coefficient (Wildman–Crippen LogP) is 3.25. The van der Waals surface area contributed by atoms with Crippen LogP contribution in [0.2, 0.25) is 5.02 Å². The SMILES string of the molecule is COCCn1c(SCCC#N)nnc1-c1ccc(Cl)cc1. The van der Waals surface area contributed by atoms with Crippen LogP contribution >= 0.6 is 23.4 Å². The summed E-state index contributed by atoms with van der Waals surface area (Å²) < 4.78 is 7.16. The van der Waals surface area contributed by atoms with Gasteiger partial charge in [0.05, 0.1) is 19.2 Å². The highest BCUT2D eigenvalue weighted by molar-refractivity contribution is 7.99. The molecule has 2 rings (SSSR count). The van der Waals surface area contributed by atoms with E-state index in [1.165, 1.54) is 11.8 Å². The van der Waals surface area contributed by atoms with Gasteiger partial charge < -0.3 is 4.74 Å². The summed E-state index contributed by atoms with van der Waals surface area (Å²) in [4.78, 5) is 0. The number of ether oxygens (including phenoxy) is 1. The molecule has 0 atom stereocenters. The molecular weight excluding hydrogens is 308 g/mol. The van der Waals surface area contributed by atoms with E-state index in [-0.39, 0.29) is 0 Å². The van der Waals surface area contributed by atoms with Crippen LogP contribution in [-0.4, -0.2) is 34.2 Å². The minimum atomic E-state index is 0.484. The lowest BCUT2D eigenvalue weighted by atomic mass is 10.2. The van der Waals surface area contributed by atoms with Gasteiger partial charge in [0.15, 0.2) is 11.0 Å². The van der Waals surface area contributed by atoms with E-state index in [9.17, 15) is 0 Å². The van der Waals surface area contributed by atoms with Crippen molar-refractivity contribution in [3.8, 4) is 17.5 Å². The van der Waals surface area contributed by atoms with Crippen molar-refractivity contribution >= 4 is 23.4 Å². The van der Waals surface area contributed by atoms with Crippen LogP contribution in [0.3, 0.4) is 0 Å². The lowest BCUT2D eigenvalue weighted by Gasteiger charge is -2.09. The highest BCUT2D eigenvalue weighted by Gasteiger charge is 2.14. The fourth-order valence-corrected chi connectivity index (χ4v) is 2.71. The zero-order valence-electron chi connectivity index (χ0n) is 11.6. The Morgan fingerprint density at radius 1 is 1.33 bits per heavy atom. The molecule has 0 aliphatic carbocycles. The quantitative estimate of drug-likeness (QED) is 0.578. The molecule has 1 aromatic heterocycles. The summed E-state index contributed by atoms with van der Waals surface area (Å²) in [6.45, 7) is 1.24.